The molecule has 0 atom stereocenters. The van der Waals surface area contributed by atoms with Crippen LogP contribution < -0.4 is 15.0 Å². The molecule has 7 nitrogen and oxygen atoms in total. The summed E-state index contributed by atoms with van der Waals surface area (Å²) < 4.78 is 7.58. The van der Waals surface area contributed by atoms with Gasteiger partial charge in [-0.15, -0.1) is 10.2 Å². The van der Waals surface area contributed by atoms with Crippen LogP contribution in [0.2, 0.25) is 0 Å². The third kappa shape index (κ3) is 6.26. The fourth-order valence-corrected chi connectivity index (χ4v) is 4.09. The Morgan fingerprint density at radius 3 is 2.56 bits per heavy atom. The van der Waals surface area contributed by atoms with Crippen LogP contribution in [0.3, 0.4) is 0 Å². The molecule has 0 aliphatic rings. The Balaban J connectivity index is 1.47. The van der Waals surface area contributed by atoms with Gasteiger partial charge in [0.15, 0.2) is 11.0 Å². The van der Waals surface area contributed by atoms with Gasteiger partial charge in [0.25, 0.3) is 0 Å². The molecule has 1 N–H and O–H groups in total. The number of hydrogen-bond acceptors (Lipinski definition) is 6. The average Bonchev–Trinajstić information content (AvgIpc) is 3.17. The van der Waals surface area contributed by atoms with E-state index in [0.717, 1.165) is 35.8 Å². The van der Waals surface area contributed by atoms with Crippen LogP contribution in [-0.4, -0.2) is 52.7 Å². The van der Waals surface area contributed by atoms with E-state index >= 15 is 0 Å². The van der Waals surface area contributed by atoms with Crippen LogP contribution in [0.25, 0.3) is 11.4 Å². The Morgan fingerprint density at radius 1 is 1.12 bits per heavy atom. The highest BCUT2D eigenvalue weighted by Crippen LogP contribution is 2.25. The van der Waals surface area contributed by atoms with Gasteiger partial charge in [0, 0.05) is 31.4 Å². The summed E-state index contributed by atoms with van der Waals surface area (Å²) in [7, 11) is 1.92. The van der Waals surface area contributed by atoms with E-state index in [-0.39, 0.29) is 11.7 Å². The first-order valence-electron chi connectivity index (χ1n) is 10.9. The number of amides is 1. The van der Waals surface area contributed by atoms with E-state index in [1.807, 2.05) is 42.8 Å². The highest BCUT2D eigenvalue weighted by molar-refractivity contribution is 7.99. The van der Waals surface area contributed by atoms with Crippen LogP contribution in [0.4, 0.5) is 5.69 Å². The number of carbonyl (C=O) groups excluding carboxylic acids is 1. The van der Waals surface area contributed by atoms with Crippen molar-refractivity contribution >= 4 is 23.4 Å². The second-order valence-corrected chi connectivity index (χ2v) is 8.33. The first-order chi connectivity index (χ1) is 15.5. The molecule has 0 spiro atoms. The first-order valence-corrected chi connectivity index (χ1v) is 11.8. The first kappa shape index (κ1) is 23.7. The molecule has 0 aliphatic heterocycles. The molecule has 0 fully saturated rings. The number of aromatic nitrogens is 3. The van der Waals surface area contributed by atoms with Gasteiger partial charge in [0.2, 0.25) is 5.91 Å². The van der Waals surface area contributed by atoms with Crippen molar-refractivity contribution < 1.29 is 9.53 Å². The zero-order valence-corrected chi connectivity index (χ0v) is 20.0. The third-order valence-corrected chi connectivity index (χ3v) is 6.12. The van der Waals surface area contributed by atoms with Gasteiger partial charge in [-0.3, -0.25) is 4.79 Å². The molecule has 2 aromatic carbocycles. The zero-order valence-electron chi connectivity index (χ0n) is 19.2. The van der Waals surface area contributed by atoms with Gasteiger partial charge in [0.05, 0.1) is 12.3 Å². The summed E-state index contributed by atoms with van der Waals surface area (Å²) in [6, 6.07) is 16.2. The normalized spacial score (nSPS) is 10.8. The summed E-state index contributed by atoms with van der Waals surface area (Å²) in [6.07, 6.45) is 0. The highest BCUT2D eigenvalue weighted by Gasteiger charge is 2.13. The van der Waals surface area contributed by atoms with E-state index < -0.39 is 0 Å². The van der Waals surface area contributed by atoms with E-state index in [4.69, 9.17) is 4.74 Å². The Bertz CT molecular complexity index is 1020. The number of hydrogen-bond donors (Lipinski definition) is 1. The third-order valence-electron chi connectivity index (χ3n) is 5.10. The van der Waals surface area contributed by atoms with E-state index in [2.05, 4.69) is 58.5 Å². The largest absolute Gasteiger partial charge is 0.492 e. The lowest BCUT2D eigenvalue weighted by atomic mass is 10.2. The molecular weight excluding hydrogens is 422 g/mol. The molecule has 8 heteroatoms. The average molecular weight is 454 g/mol. The lowest BCUT2D eigenvalue weighted by Gasteiger charge is -2.21. The fourth-order valence-electron chi connectivity index (χ4n) is 3.35. The fraction of sp³-hybridized carbons (Fsp3) is 0.375. The lowest BCUT2D eigenvalue weighted by molar-refractivity contribution is -0.118. The molecule has 1 aromatic heterocycles. The molecule has 0 radical (unpaired) electrons. The predicted octanol–water partition coefficient (Wildman–Crippen LogP) is 3.92. The monoisotopic (exact) mass is 453 g/mol. The number of rotatable bonds is 11. The van der Waals surface area contributed by atoms with Crippen LogP contribution in [-0.2, 0) is 11.8 Å². The second kappa shape index (κ2) is 11.6. The van der Waals surface area contributed by atoms with Crippen molar-refractivity contribution in [3.05, 3.63) is 54.1 Å². The van der Waals surface area contributed by atoms with Crippen molar-refractivity contribution in [2.45, 2.75) is 25.9 Å². The van der Waals surface area contributed by atoms with Gasteiger partial charge in [-0.05, 0) is 62.7 Å². The number of anilines is 1. The summed E-state index contributed by atoms with van der Waals surface area (Å²) in [5.74, 6) is 1.81. The Hall–Kier alpha value is -3.00. The number of nitrogens with zero attached hydrogens (tertiary/aromatic N) is 4. The van der Waals surface area contributed by atoms with Crippen LogP contribution in [0, 0.1) is 6.92 Å². The van der Waals surface area contributed by atoms with Crippen LogP contribution >= 0.6 is 11.8 Å². The van der Waals surface area contributed by atoms with Gasteiger partial charge in [-0.1, -0.05) is 23.9 Å². The summed E-state index contributed by atoms with van der Waals surface area (Å²) in [4.78, 5) is 14.5. The maximum Gasteiger partial charge on any atom is 0.230 e. The molecule has 0 saturated heterocycles. The van der Waals surface area contributed by atoms with Gasteiger partial charge < -0.3 is 19.5 Å². The molecule has 0 saturated carbocycles. The van der Waals surface area contributed by atoms with Gasteiger partial charge >= 0.3 is 0 Å². The Morgan fingerprint density at radius 2 is 1.88 bits per heavy atom. The number of aryl methyl sites for hydroxylation is 1. The number of benzene rings is 2. The minimum Gasteiger partial charge on any atom is -0.492 e. The molecule has 0 aliphatic carbocycles. The maximum absolute atomic E-state index is 12.2. The van der Waals surface area contributed by atoms with Crippen LogP contribution in [0.5, 0.6) is 5.75 Å². The smallest absolute Gasteiger partial charge is 0.230 e. The summed E-state index contributed by atoms with van der Waals surface area (Å²) in [5.41, 5.74) is 3.34. The van der Waals surface area contributed by atoms with E-state index in [1.54, 1.807) is 0 Å². The molecule has 170 valence electrons. The highest BCUT2D eigenvalue weighted by atomic mass is 32.2. The topological polar surface area (TPSA) is 72.3 Å². The predicted molar refractivity (Wildman–Crippen MR) is 130 cm³/mol. The van der Waals surface area contributed by atoms with Crippen molar-refractivity contribution in [2.75, 3.05) is 36.9 Å². The molecule has 0 unspecified atom stereocenters. The van der Waals surface area contributed by atoms with Crippen molar-refractivity contribution in [1.82, 2.24) is 20.1 Å². The Labute approximate surface area is 194 Å². The number of ether oxygens (including phenoxy) is 1. The van der Waals surface area contributed by atoms with Gasteiger partial charge in [-0.25, -0.2) is 0 Å². The van der Waals surface area contributed by atoms with Gasteiger partial charge in [0.1, 0.15) is 12.4 Å². The molecule has 3 rings (SSSR count). The molecule has 3 aromatic rings. The van der Waals surface area contributed by atoms with E-state index in [0.29, 0.717) is 18.3 Å². The summed E-state index contributed by atoms with van der Waals surface area (Å²) in [5, 5.41) is 12.2. The molecule has 1 heterocycles. The quantitative estimate of drug-likeness (QED) is 0.350. The molecule has 0 bridgehead atoms. The summed E-state index contributed by atoms with van der Waals surface area (Å²) in [6.45, 7) is 9.15. The number of nitrogens with one attached hydrogen (secondary N) is 1. The van der Waals surface area contributed by atoms with E-state index in [9.17, 15) is 4.79 Å². The van der Waals surface area contributed by atoms with Crippen molar-refractivity contribution in [3.63, 3.8) is 0 Å². The second-order valence-electron chi connectivity index (χ2n) is 7.39. The minimum atomic E-state index is -0.0593. The summed E-state index contributed by atoms with van der Waals surface area (Å²) >= 11 is 1.37. The molecule has 1 amide bonds. The number of thioether (sulfide) groups is 1. The van der Waals surface area contributed by atoms with Crippen LogP contribution in [0.15, 0.2) is 53.7 Å². The van der Waals surface area contributed by atoms with Crippen molar-refractivity contribution in [3.8, 4) is 17.1 Å². The lowest BCUT2D eigenvalue weighted by Crippen LogP contribution is -2.29. The minimum absolute atomic E-state index is 0.0593. The van der Waals surface area contributed by atoms with Crippen molar-refractivity contribution in [2.24, 2.45) is 7.05 Å². The van der Waals surface area contributed by atoms with Crippen LogP contribution in [0.1, 0.15) is 19.4 Å². The standard InChI is InChI=1S/C24H31N5O2S/c1-5-29(6-2)20-12-10-19(11-13-20)23-26-27-24(28(23)4)32-17-22(30)25-14-15-31-21-9-7-8-18(3)16-21/h7-13,16H,5-6,14-15,17H2,1-4H3,(H,25,30). The zero-order chi connectivity index (χ0) is 22.9. The Kier molecular flexibility index (Phi) is 8.56. The number of carbonyl (C=O) groups is 1. The molecule has 32 heavy (non-hydrogen) atoms. The van der Waals surface area contributed by atoms with E-state index in [1.165, 1.54) is 17.4 Å². The van der Waals surface area contributed by atoms with Gasteiger partial charge in [-0.2, -0.15) is 0 Å². The molecular formula is C24H31N5O2S. The maximum atomic E-state index is 12.2. The van der Waals surface area contributed by atoms with Crippen molar-refractivity contribution in [1.29, 1.82) is 0 Å². The SMILES string of the molecule is CCN(CC)c1ccc(-c2nnc(SCC(=O)NCCOc3cccc(C)c3)n2C)cc1.